The molecule has 0 aromatic rings. The summed E-state index contributed by atoms with van der Waals surface area (Å²) in [6.07, 6.45) is 3.36. The molecule has 0 radical (unpaired) electrons. The molecule has 0 aliphatic carbocycles. The van der Waals surface area contributed by atoms with Crippen molar-refractivity contribution in [3.05, 3.63) is 0 Å². The van der Waals surface area contributed by atoms with Crippen LogP contribution in [-0.2, 0) is 14.6 Å². The van der Waals surface area contributed by atoms with E-state index in [1.807, 2.05) is 0 Å². The van der Waals surface area contributed by atoms with Gasteiger partial charge in [-0.05, 0) is 19.3 Å². The van der Waals surface area contributed by atoms with Gasteiger partial charge in [0.2, 0.25) is 0 Å². The highest BCUT2D eigenvalue weighted by molar-refractivity contribution is 7.91. The highest BCUT2D eigenvalue weighted by Gasteiger charge is 2.36. The fourth-order valence-corrected chi connectivity index (χ4v) is 4.53. The number of hydrogen-bond donors (Lipinski definition) is 0. The third-order valence-electron chi connectivity index (χ3n) is 3.90. The highest BCUT2D eigenvalue weighted by atomic mass is 32.2. The van der Waals surface area contributed by atoms with E-state index in [1.165, 1.54) is 0 Å². The number of sulfone groups is 1. The Bertz CT molecular complexity index is 343. The number of ether oxygens (including phenoxy) is 1. The van der Waals surface area contributed by atoms with Crippen LogP contribution in [0.25, 0.3) is 0 Å². The third kappa shape index (κ3) is 3.20. The molecule has 2 saturated heterocycles. The van der Waals surface area contributed by atoms with Crippen molar-refractivity contribution in [3.8, 4) is 0 Å². The van der Waals surface area contributed by atoms with Crippen molar-refractivity contribution in [3.63, 3.8) is 0 Å². The van der Waals surface area contributed by atoms with E-state index in [4.69, 9.17) is 4.74 Å². The standard InChI is InChI=1S/C12H23NO3S/c1-3-11-7-13(8-12(4-2)16-11)10-5-6-17(14,15)9-10/h10-12H,3-9H2,1-2H3. The van der Waals surface area contributed by atoms with Gasteiger partial charge in [-0.2, -0.15) is 0 Å². The van der Waals surface area contributed by atoms with E-state index >= 15 is 0 Å². The summed E-state index contributed by atoms with van der Waals surface area (Å²) in [6, 6.07) is 0.229. The summed E-state index contributed by atoms with van der Waals surface area (Å²) in [6.45, 7) is 6.05. The summed E-state index contributed by atoms with van der Waals surface area (Å²) in [5.41, 5.74) is 0. The van der Waals surface area contributed by atoms with Gasteiger partial charge in [-0.25, -0.2) is 8.42 Å². The van der Waals surface area contributed by atoms with Crippen LogP contribution >= 0.6 is 0 Å². The average Bonchev–Trinajstić information content (AvgIpc) is 2.69. The van der Waals surface area contributed by atoms with Gasteiger partial charge in [0, 0.05) is 19.1 Å². The predicted molar refractivity (Wildman–Crippen MR) is 67.9 cm³/mol. The van der Waals surface area contributed by atoms with Crippen LogP contribution in [-0.4, -0.2) is 56.2 Å². The molecule has 3 unspecified atom stereocenters. The lowest BCUT2D eigenvalue weighted by Crippen LogP contribution is -2.51. The van der Waals surface area contributed by atoms with E-state index in [1.54, 1.807) is 0 Å². The first-order chi connectivity index (χ1) is 8.04. The Morgan fingerprint density at radius 2 is 1.76 bits per heavy atom. The van der Waals surface area contributed by atoms with Gasteiger partial charge >= 0.3 is 0 Å². The van der Waals surface area contributed by atoms with Crippen LogP contribution in [0, 0.1) is 0 Å². The van der Waals surface area contributed by atoms with Gasteiger partial charge in [-0.3, -0.25) is 4.90 Å². The fourth-order valence-electron chi connectivity index (χ4n) is 2.77. The molecule has 100 valence electrons. The third-order valence-corrected chi connectivity index (χ3v) is 5.65. The molecule has 4 nitrogen and oxygen atoms in total. The molecule has 0 bridgehead atoms. The van der Waals surface area contributed by atoms with Crippen molar-refractivity contribution in [2.24, 2.45) is 0 Å². The molecule has 17 heavy (non-hydrogen) atoms. The summed E-state index contributed by atoms with van der Waals surface area (Å²) in [5, 5.41) is 0. The van der Waals surface area contributed by atoms with Crippen LogP contribution in [0.5, 0.6) is 0 Å². The second-order valence-electron chi connectivity index (χ2n) is 5.21. The molecule has 0 aromatic heterocycles. The lowest BCUT2D eigenvalue weighted by molar-refractivity contribution is -0.0955. The summed E-state index contributed by atoms with van der Waals surface area (Å²) >= 11 is 0. The van der Waals surface area contributed by atoms with Crippen LogP contribution < -0.4 is 0 Å². The first-order valence-corrected chi connectivity index (χ1v) is 8.46. The van der Waals surface area contributed by atoms with Crippen molar-refractivity contribution in [1.29, 1.82) is 0 Å². The molecule has 3 atom stereocenters. The normalized spacial score (nSPS) is 38.4. The smallest absolute Gasteiger partial charge is 0.151 e. The first kappa shape index (κ1) is 13.3. The van der Waals surface area contributed by atoms with Gasteiger partial charge in [0.1, 0.15) is 0 Å². The minimum Gasteiger partial charge on any atom is -0.372 e. The summed E-state index contributed by atoms with van der Waals surface area (Å²) in [5.74, 6) is 0.711. The van der Waals surface area contributed by atoms with Crippen molar-refractivity contribution >= 4 is 9.84 Å². The summed E-state index contributed by atoms with van der Waals surface area (Å²) < 4.78 is 29.0. The SMILES string of the molecule is CCC1CN(C2CCS(=O)(=O)C2)CC(CC)O1. The van der Waals surface area contributed by atoms with E-state index in [0.717, 1.165) is 32.4 Å². The average molecular weight is 261 g/mol. The second-order valence-corrected chi connectivity index (χ2v) is 7.44. The second kappa shape index (κ2) is 5.24. The van der Waals surface area contributed by atoms with Gasteiger partial charge in [0.15, 0.2) is 9.84 Å². The highest BCUT2D eigenvalue weighted by Crippen LogP contribution is 2.23. The largest absolute Gasteiger partial charge is 0.372 e. The van der Waals surface area contributed by atoms with Crippen molar-refractivity contribution < 1.29 is 13.2 Å². The molecule has 0 amide bonds. The molecule has 0 spiro atoms. The fraction of sp³-hybridized carbons (Fsp3) is 1.00. The lowest BCUT2D eigenvalue weighted by Gasteiger charge is -2.40. The summed E-state index contributed by atoms with van der Waals surface area (Å²) in [4.78, 5) is 2.34. The van der Waals surface area contributed by atoms with Gasteiger partial charge in [-0.1, -0.05) is 13.8 Å². The van der Waals surface area contributed by atoms with Crippen LogP contribution in [0.3, 0.4) is 0 Å². The maximum Gasteiger partial charge on any atom is 0.151 e. The number of morpholine rings is 1. The van der Waals surface area contributed by atoms with E-state index in [9.17, 15) is 8.42 Å². The van der Waals surface area contributed by atoms with Gasteiger partial charge in [-0.15, -0.1) is 0 Å². The predicted octanol–water partition coefficient (Wildman–Crippen LogP) is 1.06. The quantitative estimate of drug-likeness (QED) is 0.762. The van der Waals surface area contributed by atoms with E-state index in [0.29, 0.717) is 11.5 Å². The minimum absolute atomic E-state index is 0.229. The molecule has 2 rings (SSSR count). The molecule has 0 saturated carbocycles. The maximum absolute atomic E-state index is 11.5. The van der Waals surface area contributed by atoms with Crippen LogP contribution in [0.2, 0.25) is 0 Å². The number of nitrogens with zero attached hydrogens (tertiary/aromatic N) is 1. The summed E-state index contributed by atoms with van der Waals surface area (Å²) in [7, 11) is -2.78. The Hall–Kier alpha value is -0.130. The minimum atomic E-state index is -2.78. The zero-order chi connectivity index (χ0) is 12.5. The zero-order valence-electron chi connectivity index (χ0n) is 10.8. The molecular formula is C12H23NO3S. The van der Waals surface area contributed by atoms with Gasteiger partial charge in [0.05, 0.1) is 23.7 Å². The van der Waals surface area contributed by atoms with Crippen LogP contribution in [0.1, 0.15) is 33.1 Å². The van der Waals surface area contributed by atoms with Gasteiger partial charge in [0.25, 0.3) is 0 Å². The van der Waals surface area contributed by atoms with Crippen molar-refractivity contribution in [2.45, 2.75) is 51.4 Å². The molecule has 2 aliphatic rings. The van der Waals surface area contributed by atoms with Crippen LogP contribution in [0.15, 0.2) is 0 Å². The first-order valence-electron chi connectivity index (χ1n) is 6.64. The Morgan fingerprint density at radius 1 is 1.18 bits per heavy atom. The topological polar surface area (TPSA) is 46.6 Å². The van der Waals surface area contributed by atoms with E-state index < -0.39 is 9.84 Å². The zero-order valence-corrected chi connectivity index (χ0v) is 11.6. The van der Waals surface area contributed by atoms with E-state index in [-0.39, 0.29) is 18.2 Å². The molecule has 2 aliphatic heterocycles. The van der Waals surface area contributed by atoms with E-state index in [2.05, 4.69) is 18.7 Å². The molecule has 2 fully saturated rings. The Labute approximate surface area is 104 Å². The molecule has 2 heterocycles. The molecule has 0 N–H and O–H groups in total. The number of rotatable bonds is 3. The maximum atomic E-state index is 11.5. The monoisotopic (exact) mass is 261 g/mol. The Morgan fingerprint density at radius 3 is 2.18 bits per heavy atom. The molecule has 0 aromatic carbocycles. The Balaban J connectivity index is 2.00. The molecular weight excluding hydrogens is 238 g/mol. The number of hydrogen-bond acceptors (Lipinski definition) is 4. The lowest BCUT2D eigenvalue weighted by atomic mass is 10.1. The Kier molecular flexibility index (Phi) is 4.10. The van der Waals surface area contributed by atoms with Crippen molar-refractivity contribution in [1.82, 2.24) is 4.90 Å². The van der Waals surface area contributed by atoms with Crippen LogP contribution in [0.4, 0.5) is 0 Å². The molecule has 5 heteroatoms. The van der Waals surface area contributed by atoms with Gasteiger partial charge < -0.3 is 4.74 Å². The van der Waals surface area contributed by atoms with Crippen molar-refractivity contribution in [2.75, 3.05) is 24.6 Å².